The summed E-state index contributed by atoms with van der Waals surface area (Å²) in [5, 5.41) is 1.26. The number of fused-ring (bicyclic) bond motifs is 1. The van der Waals surface area contributed by atoms with Gasteiger partial charge in [0.15, 0.2) is 0 Å². The number of aromatic amines is 1. The first-order valence-corrected chi connectivity index (χ1v) is 8.26. The molecule has 2 aromatic heterocycles. The molecule has 1 fully saturated rings. The third kappa shape index (κ3) is 2.53. The summed E-state index contributed by atoms with van der Waals surface area (Å²) in [5.41, 5.74) is 3.50. The van der Waals surface area contributed by atoms with Gasteiger partial charge in [0, 0.05) is 30.1 Å². The van der Waals surface area contributed by atoms with Gasteiger partial charge in [-0.1, -0.05) is 12.1 Å². The van der Waals surface area contributed by atoms with Crippen molar-refractivity contribution in [2.75, 3.05) is 6.54 Å². The molecular formula is C19H22N4. The molecule has 0 unspecified atom stereocenters. The number of likely N-dealkylation sites (tertiary alicyclic amines) is 1. The standard InChI is InChI=1S/C19H22N4/c1-14-6-9-21-18(22-14)19(2)8-3-11-23(19)13-15-4-5-16-7-10-20-17(16)12-15/h4-7,9-10,12,20H,3,8,11,13H2,1-2H3/t19-/m0/s1. The monoisotopic (exact) mass is 306 g/mol. The lowest BCUT2D eigenvalue weighted by molar-refractivity contribution is 0.137. The predicted molar refractivity (Wildman–Crippen MR) is 92.1 cm³/mol. The fraction of sp³-hybridized carbons (Fsp3) is 0.368. The number of nitrogens with one attached hydrogen (secondary N) is 1. The highest BCUT2D eigenvalue weighted by atomic mass is 15.2. The predicted octanol–water partition coefficient (Wildman–Crippen LogP) is 3.78. The van der Waals surface area contributed by atoms with E-state index >= 15 is 0 Å². The number of aromatic nitrogens is 3. The molecule has 0 aliphatic carbocycles. The van der Waals surface area contributed by atoms with Gasteiger partial charge in [-0.3, -0.25) is 4.90 Å². The summed E-state index contributed by atoms with van der Waals surface area (Å²) in [6, 6.07) is 10.7. The second-order valence-corrected chi connectivity index (χ2v) is 6.72. The van der Waals surface area contributed by atoms with E-state index in [0.29, 0.717) is 0 Å². The summed E-state index contributed by atoms with van der Waals surface area (Å²) < 4.78 is 0. The smallest absolute Gasteiger partial charge is 0.148 e. The van der Waals surface area contributed by atoms with Crippen molar-refractivity contribution < 1.29 is 0 Å². The van der Waals surface area contributed by atoms with E-state index < -0.39 is 0 Å². The second-order valence-electron chi connectivity index (χ2n) is 6.72. The van der Waals surface area contributed by atoms with Gasteiger partial charge in [0.1, 0.15) is 5.82 Å². The molecule has 1 N–H and O–H groups in total. The van der Waals surface area contributed by atoms with Crippen LogP contribution in [0.3, 0.4) is 0 Å². The van der Waals surface area contributed by atoms with Gasteiger partial charge >= 0.3 is 0 Å². The van der Waals surface area contributed by atoms with Crippen molar-refractivity contribution in [2.24, 2.45) is 0 Å². The lowest BCUT2D eigenvalue weighted by Gasteiger charge is -2.34. The van der Waals surface area contributed by atoms with Crippen LogP contribution in [0.1, 0.15) is 36.8 Å². The van der Waals surface area contributed by atoms with Crippen molar-refractivity contribution in [3.8, 4) is 0 Å². The molecule has 1 saturated heterocycles. The lowest BCUT2D eigenvalue weighted by atomic mass is 9.97. The Labute approximate surface area is 136 Å². The van der Waals surface area contributed by atoms with Crippen LogP contribution in [-0.4, -0.2) is 26.4 Å². The van der Waals surface area contributed by atoms with Crippen molar-refractivity contribution in [3.05, 3.63) is 59.8 Å². The zero-order valence-corrected chi connectivity index (χ0v) is 13.7. The zero-order valence-electron chi connectivity index (χ0n) is 13.7. The molecule has 23 heavy (non-hydrogen) atoms. The molecule has 1 aliphatic heterocycles. The van der Waals surface area contributed by atoms with Crippen LogP contribution < -0.4 is 0 Å². The van der Waals surface area contributed by atoms with Crippen LogP contribution in [0.5, 0.6) is 0 Å². The van der Waals surface area contributed by atoms with Gasteiger partial charge in [-0.2, -0.15) is 0 Å². The fourth-order valence-corrected chi connectivity index (χ4v) is 3.65. The molecule has 0 spiro atoms. The minimum absolute atomic E-state index is 0.0727. The highest BCUT2D eigenvalue weighted by Gasteiger charge is 2.40. The van der Waals surface area contributed by atoms with E-state index in [1.54, 1.807) is 0 Å². The van der Waals surface area contributed by atoms with Gasteiger partial charge in [-0.25, -0.2) is 9.97 Å². The van der Waals surface area contributed by atoms with Crippen LogP contribution in [0.25, 0.3) is 10.9 Å². The summed E-state index contributed by atoms with van der Waals surface area (Å²) in [6.45, 7) is 6.34. The highest BCUT2D eigenvalue weighted by Crippen LogP contribution is 2.37. The summed E-state index contributed by atoms with van der Waals surface area (Å²) in [7, 11) is 0. The SMILES string of the molecule is Cc1ccnc([C@]2(C)CCCN2Cc2ccc3cc[nH]c3c2)n1. The molecule has 3 aromatic rings. The molecule has 1 aliphatic rings. The largest absolute Gasteiger partial charge is 0.361 e. The topological polar surface area (TPSA) is 44.8 Å². The van der Waals surface area contributed by atoms with Gasteiger partial charge in [0.2, 0.25) is 0 Å². The third-order valence-corrected chi connectivity index (χ3v) is 5.06. The maximum Gasteiger partial charge on any atom is 0.148 e. The second kappa shape index (κ2) is 5.46. The number of H-pyrrole nitrogens is 1. The minimum atomic E-state index is -0.0727. The Morgan fingerprint density at radius 3 is 3.04 bits per heavy atom. The maximum atomic E-state index is 4.70. The van der Waals surface area contributed by atoms with Crippen LogP contribution in [0.2, 0.25) is 0 Å². The summed E-state index contributed by atoms with van der Waals surface area (Å²) >= 11 is 0. The lowest BCUT2D eigenvalue weighted by Crippen LogP contribution is -2.39. The molecule has 118 valence electrons. The minimum Gasteiger partial charge on any atom is -0.361 e. The summed E-state index contributed by atoms with van der Waals surface area (Å²) in [4.78, 5) is 15.1. The van der Waals surface area contributed by atoms with E-state index in [1.165, 1.54) is 22.9 Å². The molecule has 4 rings (SSSR count). The van der Waals surface area contributed by atoms with E-state index in [9.17, 15) is 0 Å². The molecule has 0 radical (unpaired) electrons. The van der Waals surface area contributed by atoms with E-state index in [4.69, 9.17) is 4.98 Å². The van der Waals surface area contributed by atoms with E-state index in [2.05, 4.69) is 46.1 Å². The molecule has 4 nitrogen and oxygen atoms in total. The Balaban J connectivity index is 1.64. The molecule has 0 saturated carbocycles. The molecule has 1 aromatic carbocycles. The third-order valence-electron chi connectivity index (χ3n) is 5.06. The van der Waals surface area contributed by atoms with Crippen LogP contribution in [0.15, 0.2) is 42.7 Å². The van der Waals surface area contributed by atoms with Crippen molar-refractivity contribution in [1.29, 1.82) is 0 Å². The Morgan fingerprint density at radius 2 is 2.17 bits per heavy atom. The van der Waals surface area contributed by atoms with Gasteiger partial charge in [0.05, 0.1) is 5.54 Å². The van der Waals surface area contributed by atoms with Gasteiger partial charge in [0.25, 0.3) is 0 Å². The zero-order chi connectivity index (χ0) is 15.9. The van der Waals surface area contributed by atoms with Crippen molar-refractivity contribution in [3.63, 3.8) is 0 Å². The average Bonchev–Trinajstić information content (AvgIpc) is 3.15. The number of nitrogens with zero attached hydrogens (tertiary/aromatic N) is 3. The first kappa shape index (κ1) is 14.4. The quantitative estimate of drug-likeness (QED) is 0.801. The van der Waals surface area contributed by atoms with Crippen LogP contribution in [0.4, 0.5) is 0 Å². The molecule has 1 atom stereocenters. The van der Waals surface area contributed by atoms with Crippen molar-refractivity contribution >= 4 is 10.9 Å². The number of hydrogen-bond acceptors (Lipinski definition) is 3. The van der Waals surface area contributed by atoms with E-state index in [-0.39, 0.29) is 5.54 Å². The van der Waals surface area contributed by atoms with Crippen LogP contribution >= 0.6 is 0 Å². The normalized spacial score (nSPS) is 22.0. The molecule has 3 heterocycles. The van der Waals surface area contributed by atoms with Gasteiger partial charge in [-0.05, 0) is 62.4 Å². The van der Waals surface area contributed by atoms with Crippen molar-refractivity contribution in [1.82, 2.24) is 19.9 Å². The molecule has 0 bridgehead atoms. The number of rotatable bonds is 3. The number of aryl methyl sites for hydroxylation is 1. The number of hydrogen-bond donors (Lipinski definition) is 1. The Kier molecular flexibility index (Phi) is 3.42. The summed E-state index contributed by atoms with van der Waals surface area (Å²) in [5.74, 6) is 0.955. The Bertz CT molecular complexity index is 838. The van der Waals surface area contributed by atoms with E-state index in [1.807, 2.05) is 25.4 Å². The fourth-order valence-electron chi connectivity index (χ4n) is 3.65. The van der Waals surface area contributed by atoms with Crippen LogP contribution in [-0.2, 0) is 12.1 Å². The molecule has 0 amide bonds. The van der Waals surface area contributed by atoms with Crippen LogP contribution in [0, 0.1) is 6.92 Å². The van der Waals surface area contributed by atoms with E-state index in [0.717, 1.165) is 31.0 Å². The molecule has 4 heteroatoms. The van der Waals surface area contributed by atoms with Gasteiger partial charge in [-0.15, -0.1) is 0 Å². The number of benzene rings is 1. The Hall–Kier alpha value is -2.20. The highest BCUT2D eigenvalue weighted by molar-refractivity contribution is 5.79. The first-order chi connectivity index (χ1) is 11.1. The van der Waals surface area contributed by atoms with Crippen molar-refractivity contribution in [2.45, 2.75) is 38.8 Å². The first-order valence-electron chi connectivity index (χ1n) is 8.26. The average molecular weight is 306 g/mol. The maximum absolute atomic E-state index is 4.70. The molecular weight excluding hydrogens is 284 g/mol. The summed E-state index contributed by atoms with van der Waals surface area (Å²) in [6.07, 6.45) is 6.18. The van der Waals surface area contributed by atoms with Gasteiger partial charge < -0.3 is 4.98 Å². The Morgan fingerprint density at radius 1 is 1.26 bits per heavy atom.